The number of rotatable bonds is 11. The van der Waals surface area contributed by atoms with Crippen LogP contribution in [-0.4, -0.2) is 39.4 Å². The third-order valence-corrected chi connectivity index (χ3v) is 3.38. The number of guanidine groups is 1. The second-order valence-corrected chi connectivity index (χ2v) is 6.30. The van der Waals surface area contributed by atoms with Crippen LogP contribution >= 0.6 is 24.0 Å². The number of methoxy groups -OCH3 is 1. The zero-order valence-electron chi connectivity index (χ0n) is 16.3. The van der Waals surface area contributed by atoms with E-state index in [0.717, 1.165) is 44.2 Å². The molecule has 26 heavy (non-hydrogen) atoms. The summed E-state index contributed by atoms with van der Waals surface area (Å²) >= 11 is 0. The van der Waals surface area contributed by atoms with Crippen molar-refractivity contribution in [3.63, 3.8) is 0 Å². The summed E-state index contributed by atoms with van der Waals surface area (Å²) in [6, 6.07) is 5.01. The minimum atomic E-state index is -0.249. The smallest absolute Gasteiger partial charge is 0.191 e. The Morgan fingerprint density at radius 1 is 1.27 bits per heavy atom. The monoisotopic (exact) mass is 481 g/mol. The lowest BCUT2D eigenvalue weighted by Gasteiger charge is -2.12. The maximum absolute atomic E-state index is 13.6. The molecule has 0 aliphatic carbocycles. The number of nitrogens with zero attached hydrogens (tertiary/aromatic N) is 1. The van der Waals surface area contributed by atoms with E-state index in [1.165, 1.54) is 6.07 Å². The molecule has 0 aliphatic rings. The van der Waals surface area contributed by atoms with Crippen LogP contribution in [0.5, 0.6) is 0 Å². The first kappa shape index (κ1) is 25.1. The molecule has 0 saturated heterocycles. The predicted octanol–water partition coefficient (Wildman–Crippen LogP) is 3.71. The van der Waals surface area contributed by atoms with Crippen LogP contribution in [0.3, 0.4) is 0 Å². The molecule has 150 valence electrons. The molecule has 0 atom stereocenters. The van der Waals surface area contributed by atoms with Gasteiger partial charge in [0.05, 0.1) is 13.2 Å². The second kappa shape index (κ2) is 15.2. The summed E-state index contributed by atoms with van der Waals surface area (Å²) in [4.78, 5) is 4.55. The van der Waals surface area contributed by atoms with Crippen LogP contribution in [0.25, 0.3) is 0 Å². The van der Waals surface area contributed by atoms with Gasteiger partial charge in [0, 0.05) is 39.0 Å². The van der Waals surface area contributed by atoms with Crippen LogP contribution in [-0.2, 0) is 22.6 Å². The molecule has 0 bridgehead atoms. The Bertz CT molecular complexity index is 528. The molecule has 0 spiro atoms. The first-order valence-electron chi connectivity index (χ1n) is 8.93. The van der Waals surface area contributed by atoms with Gasteiger partial charge in [0.1, 0.15) is 5.82 Å². The molecule has 0 aliphatic heterocycles. The van der Waals surface area contributed by atoms with Crippen LogP contribution in [0.15, 0.2) is 23.2 Å². The van der Waals surface area contributed by atoms with E-state index in [2.05, 4.69) is 29.5 Å². The Morgan fingerprint density at radius 3 is 2.69 bits per heavy atom. The quantitative estimate of drug-likeness (QED) is 0.219. The zero-order valence-corrected chi connectivity index (χ0v) is 18.6. The zero-order chi connectivity index (χ0) is 18.5. The fourth-order valence-corrected chi connectivity index (χ4v) is 2.20. The normalized spacial score (nSPS) is 11.4. The SMILES string of the molecule is CCNC(=NCc1ccc(F)c(COC)c1)NCCCOCC(C)C.I. The molecule has 2 N–H and O–H groups in total. The van der Waals surface area contributed by atoms with Gasteiger partial charge in [0.15, 0.2) is 5.96 Å². The van der Waals surface area contributed by atoms with Gasteiger partial charge in [0.25, 0.3) is 0 Å². The van der Waals surface area contributed by atoms with E-state index in [1.807, 2.05) is 6.92 Å². The van der Waals surface area contributed by atoms with Crippen molar-refractivity contribution in [1.29, 1.82) is 0 Å². The van der Waals surface area contributed by atoms with E-state index < -0.39 is 0 Å². The van der Waals surface area contributed by atoms with Gasteiger partial charge < -0.3 is 20.1 Å². The molecule has 0 radical (unpaired) electrons. The van der Waals surface area contributed by atoms with Gasteiger partial charge in [-0.2, -0.15) is 0 Å². The molecule has 1 aromatic rings. The number of halogens is 2. The average Bonchev–Trinajstić information content (AvgIpc) is 2.58. The van der Waals surface area contributed by atoms with Crippen LogP contribution in [0, 0.1) is 11.7 Å². The van der Waals surface area contributed by atoms with Gasteiger partial charge >= 0.3 is 0 Å². The molecular formula is C19H33FIN3O2. The predicted molar refractivity (Wildman–Crippen MR) is 116 cm³/mol. The largest absolute Gasteiger partial charge is 0.381 e. The van der Waals surface area contributed by atoms with Gasteiger partial charge in [-0.3, -0.25) is 0 Å². The number of nitrogens with one attached hydrogen (secondary N) is 2. The number of hydrogen-bond acceptors (Lipinski definition) is 3. The second-order valence-electron chi connectivity index (χ2n) is 6.30. The van der Waals surface area contributed by atoms with Gasteiger partial charge in [-0.15, -0.1) is 24.0 Å². The first-order chi connectivity index (χ1) is 12.1. The van der Waals surface area contributed by atoms with Crippen LogP contribution < -0.4 is 10.6 Å². The molecule has 0 fully saturated rings. The topological polar surface area (TPSA) is 54.9 Å². The summed E-state index contributed by atoms with van der Waals surface area (Å²) in [5, 5.41) is 6.50. The average molecular weight is 481 g/mol. The molecule has 1 rings (SSSR count). The minimum absolute atomic E-state index is 0. The maximum atomic E-state index is 13.6. The third kappa shape index (κ3) is 10.9. The van der Waals surface area contributed by atoms with Crippen molar-refractivity contribution in [3.8, 4) is 0 Å². The Labute approximate surface area is 174 Å². The molecule has 0 saturated carbocycles. The van der Waals surface area contributed by atoms with Gasteiger partial charge in [-0.05, 0) is 37.0 Å². The van der Waals surface area contributed by atoms with E-state index in [4.69, 9.17) is 9.47 Å². The summed E-state index contributed by atoms with van der Waals surface area (Å²) in [6.45, 7) is 10.2. The van der Waals surface area contributed by atoms with Gasteiger partial charge in [-0.1, -0.05) is 19.9 Å². The van der Waals surface area contributed by atoms with E-state index in [1.54, 1.807) is 19.2 Å². The molecule has 0 heterocycles. The van der Waals surface area contributed by atoms with E-state index in [-0.39, 0.29) is 36.4 Å². The molecule has 0 unspecified atom stereocenters. The van der Waals surface area contributed by atoms with Gasteiger partial charge in [0.2, 0.25) is 0 Å². The van der Waals surface area contributed by atoms with Crippen LogP contribution in [0.4, 0.5) is 4.39 Å². The summed E-state index contributed by atoms with van der Waals surface area (Å²) in [5.74, 6) is 1.07. The van der Waals surface area contributed by atoms with Gasteiger partial charge in [-0.25, -0.2) is 9.38 Å². The third-order valence-electron chi connectivity index (χ3n) is 3.38. The van der Waals surface area contributed by atoms with Crippen LogP contribution in [0.1, 0.15) is 38.3 Å². The number of ether oxygens (including phenoxy) is 2. The number of benzene rings is 1. The highest BCUT2D eigenvalue weighted by Gasteiger charge is 2.04. The summed E-state index contributed by atoms with van der Waals surface area (Å²) in [6.07, 6.45) is 0.922. The molecular weight excluding hydrogens is 448 g/mol. The lowest BCUT2D eigenvalue weighted by molar-refractivity contribution is 0.108. The van der Waals surface area contributed by atoms with Crippen molar-refractivity contribution in [2.45, 2.75) is 40.3 Å². The highest BCUT2D eigenvalue weighted by atomic mass is 127. The van der Waals surface area contributed by atoms with E-state index in [9.17, 15) is 4.39 Å². The standard InChI is InChI=1S/C19H32FN3O2.HI/c1-5-21-19(22-9-6-10-25-13-15(2)3)23-12-16-7-8-18(20)17(11-16)14-24-4;/h7-8,11,15H,5-6,9-10,12-14H2,1-4H3,(H2,21,22,23);1H. The Balaban J connectivity index is 0.00000625. The van der Waals surface area contributed by atoms with Crippen LogP contribution in [0.2, 0.25) is 0 Å². The maximum Gasteiger partial charge on any atom is 0.191 e. The fraction of sp³-hybridized carbons (Fsp3) is 0.632. The molecule has 0 aromatic heterocycles. The van der Waals surface area contributed by atoms with Crippen molar-refractivity contribution in [2.24, 2.45) is 10.9 Å². The van der Waals surface area contributed by atoms with Crippen molar-refractivity contribution in [3.05, 3.63) is 35.1 Å². The Kier molecular flexibility index (Phi) is 14.6. The van der Waals surface area contributed by atoms with Crippen molar-refractivity contribution < 1.29 is 13.9 Å². The highest BCUT2D eigenvalue weighted by Crippen LogP contribution is 2.12. The molecule has 0 amide bonds. The number of hydrogen-bond donors (Lipinski definition) is 2. The lowest BCUT2D eigenvalue weighted by Crippen LogP contribution is -2.38. The molecule has 5 nitrogen and oxygen atoms in total. The first-order valence-corrected chi connectivity index (χ1v) is 8.93. The lowest BCUT2D eigenvalue weighted by atomic mass is 10.1. The Hall–Kier alpha value is -0.930. The van der Waals surface area contributed by atoms with E-state index in [0.29, 0.717) is 18.0 Å². The van der Waals surface area contributed by atoms with Crippen molar-refractivity contribution >= 4 is 29.9 Å². The number of aliphatic imine (C=N–C) groups is 1. The summed E-state index contributed by atoms with van der Waals surface area (Å²) in [5.41, 5.74) is 1.50. The summed E-state index contributed by atoms with van der Waals surface area (Å²) in [7, 11) is 1.56. The molecule has 7 heteroatoms. The highest BCUT2D eigenvalue weighted by molar-refractivity contribution is 14.0. The molecule has 1 aromatic carbocycles. The fourth-order valence-electron chi connectivity index (χ4n) is 2.20. The Morgan fingerprint density at radius 2 is 2.04 bits per heavy atom. The van der Waals surface area contributed by atoms with Crippen molar-refractivity contribution in [2.75, 3.05) is 33.4 Å². The summed E-state index contributed by atoms with van der Waals surface area (Å²) < 4.78 is 24.2. The van der Waals surface area contributed by atoms with E-state index >= 15 is 0 Å². The minimum Gasteiger partial charge on any atom is -0.381 e. The van der Waals surface area contributed by atoms with Crippen molar-refractivity contribution in [1.82, 2.24) is 10.6 Å².